The highest BCUT2D eigenvalue weighted by Crippen LogP contribution is 2.29. The van der Waals surface area contributed by atoms with Crippen molar-refractivity contribution in [3.8, 4) is 11.6 Å². The van der Waals surface area contributed by atoms with E-state index in [1.165, 1.54) is 6.33 Å². The summed E-state index contributed by atoms with van der Waals surface area (Å²) >= 11 is 0. The molecule has 1 aromatic heterocycles. The van der Waals surface area contributed by atoms with E-state index in [4.69, 9.17) is 9.47 Å². The number of carbonyl (C=O) groups is 1. The standard InChI is InChI=1S/C25H25N5O3/c1-32-15-5-14-26-20-10-13-22-23(16-20)27-17-28-24(22)33-21-11-8-19(9-12-21)30-25(31)29-18-6-3-2-4-7-18/h2-4,6-13,16-17,26H,5,14-15H2,1H3,(H2,29,30,31). The van der Waals surface area contributed by atoms with Crippen molar-refractivity contribution in [1.29, 1.82) is 0 Å². The molecule has 3 N–H and O–H groups in total. The van der Waals surface area contributed by atoms with Gasteiger partial charge in [-0.3, -0.25) is 0 Å². The number of ether oxygens (including phenoxy) is 2. The molecule has 1 heterocycles. The summed E-state index contributed by atoms with van der Waals surface area (Å²) in [6, 6.07) is 21.9. The number of carbonyl (C=O) groups excluding carboxylic acids is 1. The van der Waals surface area contributed by atoms with Gasteiger partial charge in [0.25, 0.3) is 0 Å². The van der Waals surface area contributed by atoms with Crippen LogP contribution in [-0.2, 0) is 4.74 Å². The Morgan fingerprint density at radius 3 is 2.36 bits per heavy atom. The van der Waals surface area contributed by atoms with Crippen molar-refractivity contribution in [2.45, 2.75) is 6.42 Å². The van der Waals surface area contributed by atoms with Crippen molar-refractivity contribution in [3.05, 3.63) is 79.1 Å². The molecule has 0 aliphatic carbocycles. The van der Waals surface area contributed by atoms with E-state index in [1.54, 1.807) is 31.4 Å². The van der Waals surface area contributed by atoms with Gasteiger partial charge >= 0.3 is 6.03 Å². The number of aromatic nitrogens is 2. The van der Waals surface area contributed by atoms with E-state index in [-0.39, 0.29) is 6.03 Å². The zero-order chi connectivity index (χ0) is 22.9. The highest BCUT2D eigenvalue weighted by atomic mass is 16.5. The minimum Gasteiger partial charge on any atom is -0.438 e. The van der Waals surface area contributed by atoms with Crippen LogP contribution in [0.1, 0.15) is 6.42 Å². The topological polar surface area (TPSA) is 97.4 Å². The summed E-state index contributed by atoms with van der Waals surface area (Å²) in [6.45, 7) is 1.53. The van der Waals surface area contributed by atoms with Crippen molar-refractivity contribution < 1.29 is 14.3 Å². The maximum atomic E-state index is 12.1. The Morgan fingerprint density at radius 2 is 1.61 bits per heavy atom. The molecule has 0 aliphatic rings. The average Bonchev–Trinajstić information content (AvgIpc) is 2.84. The quantitative estimate of drug-likeness (QED) is 0.295. The molecule has 0 fully saturated rings. The first-order chi connectivity index (χ1) is 16.2. The van der Waals surface area contributed by atoms with Crippen molar-refractivity contribution in [1.82, 2.24) is 9.97 Å². The number of nitrogens with zero attached hydrogens (tertiary/aromatic N) is 2. The average molecular weight is 444 g/mol. The molecule has 8 nitrogen and oxygen atoms in total. The molecule has 4 rings (SSSR count). The number of nitrogens with one attached hydrogen (secondary N) is 3. The third-order valence-corrected chi connectivity index (χ3v) is 4.81. The van der Waals surface area contributed by atoms with Crippen LogP contribution in [0.25, 0.3) is 10.9 Å². The lowest BCUT2D eigenvalue weighted by molar-refractivity contribution is 0.198. The molecule has 0 saturated carbocycles. The molecule has 4 aromatic rings. The van der Waals surface area contributed by atoms with E-state index < -0.39 is 0 Å². The molecule has 33 heavy (non-hydrogen) atoms. The summed E-state index contributed by atoms with van der Waals surface area (Å²) in [5.41, 5.74) is 3.13. The molecule has 0 spiro atoms. The molecule has 0 saturated heterocycles. The van der Waals surface area contributed by atoms with Crippen LogP contribution in [0.2, 0.25) is 0 Å². The molecule has 168 valence electrons. The number of benzene rings is 3. The number of hydrogen-bond donors (Lipinski definition) is 3. The van der Waals surface area contributed by atoms with E-state index in [0.717, 1.165) is 35.2 Å². The Balaban J connectivity index is 1.39. The molecule has 0 unspecified atom stereocenters. The van der Waals surface area contributed by atoms with E-state index in [2.05, 4.69) is 25.9 Å². The SMILES string of the molecule is COCCCNc1ccc2c(Oc3ccc(NC(=O)Nc4ccccc4)cc3)ncnc2c1. The van der Waals surface area contributed by atoms with Gasteiger partial charge in [0.1, 0.15) is 12.1 Å². The first-order valence-electron chi connectivity index (χ1n) is 10.6. The van der Waals surface area contributed by atoms with Crippen LogP contribution in [0.15, 0.2) is 79.1 Å². The number of para-hydroxylation sites is 1. The summed E-state index contributed by atoms with van der Waals surface area (Å²) in [6.07, 6.45) is 2.40. The fourth-order valence-electron chi connectivity index (χ4n) is 3.21. The van der Waals surface area contributed by atoms with Crippen LogP contribution in [0.3, 0.4) is 0 Å². The lowest BCUT2D eigenvalue weighted by Gasteiger charge is -2.11. The van der Waals surface area contributed by atoms with Gasteiger partial charge < -0.3 is 25.4 Å². The minimum absolute atomic E-state index is 0.316. The smallest absolute Gasteiger partial charge is 0.323 e. The predicted molar refractivity (Wildman–Crippen MR) is 130 cm³/mol. The van der Waals surface area contributed by atoms with Crippen LogP contribution in [0.4, 0.5) is 21.9 Å². The van der Waals surface area contributed by atoms with Crippen LogP contribution in [0.5, 0.6) is 11.6 Å². The van der Waals surface area contributed by atoms with Crippen molar-refractivity contribution in [2.24, 2.45) is 0 Å². The van der Waals surface area contributed by atoms with Gasteiger partial charge in [-0.25, -0.2) is 14.8 Å². The van der Waals surface area contributed by atoms with Gasteiger partial charge in [-0.15, -0.1) is 0 Å². The Labute approximate surface area is 192 Å². The summed E-state index contributed by atoms with van der Waals surface area (Å²) in [4.78, 5) is 20.8. The molecule has 8 heteroatoms. The number of methoxy groups -OCH3 is 1. The monoisotopic (exact) mass is 443 g/mol. The third-order valence-electron chi connectivity index (χ3n) is 4.81. The number of urea groups is 1. The molecular weight excluding hydrogens is 418 g/mol. The Bertz CT molecular complexity index is 1200. The second kappa shape index (κ2) is 10.9. The van der Waals surface area contributed by atoms with Crippen molar-refractivity contribution in [3.63, 3.8) is 0 Å². The van der Waals surface area contributed by atoms with Crippen LogP contribution < -0.4 is 20.7 Å². The van der Waals surface area contributed by atoms with Gasteiger partial charge in [-0.2, -0.15) is 0 Å². The van der Waals surface area contributed by atoms with Crippen molar-refractivity contribution in [2.75, 3.05) is 36.2 Å². The fraction of sp³-hybridized carbons (Fsp3) is 0.160. The van der Waals surface area contributed by atoms with E-state index in [9.17, 15) is 4.79 Å². The number of amides is 2. The normalized spacial score (nSPS) is 10.6. The molecule has 3 aromatic carbocycles. The maximum Gasteiger partial charge on any atom is 0.323 e. The van der Waals surface area contributed by atoms with Gasteiger partial charge in [0, 0.05) is 37.3 Å². The van der Waals surface area contributed by atoms with Gasteiger partial charge in [0.15, 0.2) is 0 Å². The molecule has 0 atom stereocenters. The van der Waals surface area contributed by atoms with Gasteiger partial charge in [0.05, 0.1) is 10.9 Å². The summed E-state index contributed by atoms with van der Waals surface area (Å²) in [5, 5.41) is 9.74. The first-order valence-corrected chi connectivity index (χ1v) is 10.6. The minimum atomic E-state index is -0.316. The molecule has 0 aliphatic heterocycles. The summed E-state index contributed by atoms with van der Waals surface area (Å²) in [5.74, 6) is 1.07. The van der Waals surface area contributed by atoms with Crippen LogP contribution >= 0.6 is 0 Å². The number of fused-ring (bicyclic) bond motifs is 1. The van der Waals surface area contributed by atoms with Crippen molar-refractivity contribution >= 4 is 34.0 Å². The second-order valence-corrected chi connectivity index (χ2v) is 7.26. The number of rotatable bonds is 9. The zero-order valence-corrected chi connectivity index (χ0v) is 18.2. The predicted octanol–water partition coefficient (Wildman–Crippen LogP) is 5.51. The molecule has 0 bridgehead atoms. The second-order valence-electron chi connectivity index (χ2n) is 7.26. The summed E-state index contributed by atoms with van der Waals surface area (Å²) < 4.78 is 11.1. The van der Waals surface area contributed by atoms with E-state index in [0.29, 0.717) is 23.9 Å². The Morgan fingerprint density at radius 1 is 0.879 bits per heavy atom. The Hall–Kier alpha value is -4.17. The number of hydrogen-bond acceptors (Lipinski definition) is 6. The fourth-order valence-corrected chi connectivity index (χ4v) is 3.21. The van der Waals surface area contributed by atoms with Gasteiger partial charge in [-0.1, -0.05) is 18.2 Å². The van der Waals surface area contributed by atoms with E-state index >= 15 is 0 Å². The van der Waals surface area contributed by atoms with Gasteiger partial charge in [0.2, 0.25) is 5.88 Å². The molecular formula is C25H25N5O3. The summed E-state index contributed by atoms with van der Waals surface area (Å²) in [7, 11) is 1.70. The zero-order valence-electron chi connectivity index (χ0n) is 18.2. The lowest BCUT2D eigenvalue weighted by atomic mass is 10.2. The van der Waals surface area contributed by atoms with Crippen LogP contribution in [0, 0.1) is 0 Å². The number of anilines is 3. The van der Waals surface area contributed by atoms with Gasteiger partial charge in [-0.05, 0) is 61.0 Å². The molecule has 0 radical (unpaired) electrons. The van der Waals surface area contributed by atoms with Crippen LogP contribution in [-0.4, -0.2) is 36.3 Å². The highest BCUT2D eigenvalue weighted by Gasteiger charge is 2.08. The largest absolute Gasteiger partial charge is 0.438 e. The lowest BCUT2D eigenvalue weighted by Crippen LogP contribution is -2.19. The molecule has 2 amide bonds. The Kier molecular flexibility index (Phi) is 7.29. The maximum absolute atomic E-state index is 12.1. The first kappa shape index (κ1) is 22.0. The highest BCUT2D eigenvalue weighted by molar-refractivity contribution is 5.99. The third kappa shape index (κ3) is 6.18. The van der Waals surface area contributed by atoms with E-state index in [1.807, 2.05) is 48.5 Å².